The fourth-order valence-electron chi connectivity index (χ4n) is 2.60. The lowest BCUT2D eigenvalue weighted by Crippen LogP contribution is -2.70. The third-order valence-electron chi connectivity index (χ3n) is 4.45. The van der Waals surface area contributed by atoms with Crippen LogP contribution in [0.15, 0.2) is 12.1 Å². The van der Waals surface area contributed by atoms with Gasteiger partial charge in [-0.1, -0.05) is 0 Å². The van der Waals surface area contributed by atoms with Gasteiger partial charge in [-0.05, 0) is 31.4 Å². The monoisotopic (exact) mass is 510 g/mol. The number of ether oxygens (including phenoxy) is 1. The highest BCUT2D eigenvalue weighted by Crippen LogP contribution is 2.60. The summed E-state index contributed by atoms with van der Waals surface area (Å²) in [6.45, 7) is 0. The SMILES string of the molecule is COC(=O)CCCc1ccc(C(O)CCC(F)(F)C(F)(F)C(F)(C(F)(F)F)C(F)(F)F)s1. The van der Waals surface area contributed by atoms with Crippen molar-refractivity contribution in [3.8, 4) is 0 Å². The van der Waals surface area contributed by atoms with Crippen molar-refractivity contribution in [1.82, 2.24) is 0 Å². The Hall–Kier alpha value is -1.64. The molecule has 1 rings (SSSR count). The van der Waals surface area contributed by atoms with Crippen molar-refractivity contribution in [2.45, 2.75) is 68.1 Å². The number of rotatable bonds is 10. The number of thiophene rings is 1. The maximum absolute atomic E-state index is 13.8. The molecule has 32 heavy (non-hydrogen) atoms. The smallest absolute Gasteiger partial charge is 0.438 e. The number of esters is 1. The van der Waals surface area contributed by atoms with Crippen LogP contribution >= 0.6 is 11.3 Å². The van der Waals surface area contributed by atoms with Crippen LogP contribution in [-0.2, 0) is 16.0 Å². The van der Waals surface area contributed by atoms with Crippen LogP contribution in [0.2, 0.25) is 0 Å². The summed E-state index contributed by atoms with van der Waals surface area (Å²) in [6.07, 6.45) is -19.8. The Morgan fingerprint density at radius 2 is 1.53 bits per heavy atom. The molecule has 0 saturated carbocycles. The third kappa shape index (κ3) is 5.64. The van der Waals surface area contributed by atoms with Crippen LogP contribution in [0.1, 0.15) is 41.5 Å². The molecule has 1 aromatic rings. The van der Waals surface area contributed by atoms with E-state index in [1.165, 1.54) is 12.1 Å². The van der Waals surface area contributed by atoms with E-state index >= 15 is 0 Å². The molecule has 0 bridgehead atoms. The Morgan fingerprint density at radius 3 is 2.00 bits per heavy atom. The Kier molecular flexibility index (Phi) is 8.60. The van der Waals surface area contributed by atoms with Gasteiger partial charge in [0.1, 0.15) is 0 Å². The molecule has 0 aromatic carbocycles. The number of alkyl halides is 11. The van der Waals surface area contributed by atoms with Crippen LogP contribution in [0, 0.1) is 0 Å². The van der Waals surface area contributed by atoms with E-state index in [1.807, 2.05) is 0 Å². The van der Waals surface area contributed by atoms with Gasteiger partial charge in [0.25, 0.3) is 0 Å². The average Bonchev–Trinajstić information content (AvgIpc) is 3.12. The maximum atomic E-state index is 13.8. The Morgan fingerprint density at radius 1 is 1.00 bits per heavy atom. The molecule has 186 valence electrons. The lowest BCUT2D eigenvalue weighted by atomic mass is 9.88. The molecule has 0 spiro atoms. The van der Waals surface area contributed by atoms with E-state index < -0.39 is 54.8 Å². The zero-order valence-electron chi connectivity index (χ0n) is 16.1. The van der Waals surface area contributed by atoms with Crippen molar-refractivity contribution in [3.63, 3.8) is 0 Å². The molecule has 15 heteroatoms. The first-order chi connectivity index (χ1) is 14.3. The summed E-state index contributed by atoms with van der Waals surface area (Å²) in [6, 6.07) is 2.58. The topological polar surface area (TPSA) is 46.5 Å². The van der Waals surface area contributed by atoms with Crippen molar-refractivity contribution in [1.29, 1.82) is 0 Å². The second-order valence-electron chi connectivity index (χ2n) is 6.72. The number of methoxy groups -OCH3 is 1. The minimum atomic E-state index is -7.50. The van der Waals surface area contributed by atoms with Gasteiger partial charge in [0.15, 0.2) is 0 Å². The molecule has 3 nitrogen and oxygen atoms in total. The lowest BCUT2D eigenvalue weighted by molar-refractivity contribution is -0.427. The molecule has 0 aliphatic heterocycles. The van der Waals surface area contributed by atoms with Crippen LogP contribution in [0.5, 0.6) is 0 Å². The number of aryl methyl sites for hydroxylation is 1. The van der Waals surface area contributed by atoms with E-state index in [-0.39, 0.29) is 17.7 Å². The van der Waals surface area contributed by atoms with Crippen LogP contribution in [0.25, 0.3) is 0 Å². The summed E-state index contributed by atoms with van der Waals surface area (Å²) < 4.78 is 148. The largest absolute Gasteiger partial charge is 0.469 e. The van der Waals surface area contributed by atoms with Gasteiger partial charge in [0, 0.05) is 22.6 Å². The molecule has 1 N–H and O–H groups in total. The van der Waals surface area contributed by atoms with Gasteiger partial charge in [-0.2, -0.15) is 43.9 Å². The second-order valence-corrected chi connectivity index (χ2v) is 7.92. The molecule has 0 saturated heterocycles. The molecule has 1 atom stereocenters. The number of carbonyl (C=O) groups is 1. The summed E-state index contributed by atoms with van der Waals surface area (Å²) in [7, 11) is 1.16. The predicted molar refractivity (Wildman–Crippen MR) is 89.3 cm³/mol. The fraction of sp³-hybridized carbons (Fsp3) is 0.706. The van der Waals surface area contributed by atoms with Gasteiger partial charge >= 0.3 is 35.8 Å². The number of aliphatic hydroxyl groups is 1. The fourth-order valence-corrected chi connectivity index (χ4v) is 3.68. The standard InChI is InChI=1S/C17H17F11O3S/c1-31-12(30)4-2-3-9-5-6-11(32-9)10(29)7-8-13(18,19)15(21,22)14(20,16(23,24)25)17(26,27)28/h5-6,10,29H,2-4,7-8H2,1H3. The minimum absolute atomic E-state index is 0.0387. The number of hydrogen-bond donors (Lipinski definition) is 1. The average molecular weight is 510 g/mol. The third-order valence-corrected chi connectivity index (χ3v) is 5.69. The van der Waals surface area contributed by atoms with E-state index in [9.17, 15) is 58.2 Å². The predicted octanol–water partition coefficient (Wildman–Crippen LogP) is 6.16. The highest BCUT2D eigenvalue weighted by molar-refractivity contribution is 7.12. The summed E-state index contributed by atoms with van der Waals surface area (Å²) in [5.74, 6) is -13.8. The molecule has 0 radical (unpaired) electrons. The summed E-state index contributed by atoms with van der Waals surface area (Å²) in [4.78, 5) is 11.4. The molecule has 0 amide bonds. The molecule has 1 aromatic heterocycles. The van der Waals surface area contributed by atoms with Gasteiger partial charge < -0.3 is 9.84 Å². The van der Waals surface area contributed by atoms with Gasteiger partial charge in [-0.25, -0.2) is 4.39 Å². The van der Waals surface area contributed by atoms with Crippen molar-refractivity contribution < 1.29 is 62.9 Å². The maximum Gasteiger partial charge on any atom is 0.438 e. The van der Waals surface area contributed by atoms with E-state index in [0.29, 0.717) is 11.3 Å². The summed E-state index contributed by atoms with van der Waals surface area (Å²) in [5.41, 5.74) is -7.50. The molecule has 1 unspecified atom stereocenters. The summed E-state index contributed by atoms with van der Waals surface area (Å²) in [5, 5.41) is 9.86. The van der Waals surface area contributed by atoms with E-state index in [4.69, 9.17) is 0 Å². The first kappa shape index (κ1) is 28.4. The van der Waals surface area contributed by atoms with E-state index in [1.54, 1.807) is 0 Å². The lowest BCUT2D eigenvalue weighted by Gasteiger charge is -2.39. The Bertz CT molecular complexity index is 757. The first-order valence-corrected chi connectivity index (χ1v) is 9.55. The second kappa shape index (κ2) is 9.69. The van der Waals surface area contributed by atoms with Crippen molar-refractivity contribution in [2.24, 2.45) is 0 Å². The summed E-state index contributed by atoms with van der Waals surface area (Å²) >= 11 is 0.804. The number of aliphatic hydroxyl groups excluding tert-OH is 1. The quantitative estimate of drug-likeness (QED) is 0.303. The van der Waals surface area contributed by atoms with E-state index in [0.717, 1.165) is 18.4 Å². The number of carbonyl (C=O) groups excluding carboxylic acids is 1. The van der Waals surface area contributed by atoms with Crippen LogP contribution < -0.4 is 0 Å². The van der Waals surface area contributed by atoms with Gasteiger partial charge in [-0.3, -0.25) is 4.79 Å². The van der Waals surface area contributed by atoms with Crippen LogP contribution in [0.4, 0.5) is 48.3 Å². The molecule has 1 heterocycles. The van der Waals surface area contributed by atoms with Gasteiger partial charge in [0.05, 0.1) is 13.2 Å². The molecular formula is C17H17F11O3S. The number of hydrogen-bond acceptors (Lipinski definition) is 4. The van der Waals surface area contributed by atoms with E-state index in [2.05, 4.69) is 4.74 Å². The normalized spacial score (nSPS) is 15.0. The molecule has 0 aliphatic rings. The van der Waals surface area contributed by atoms with Gasteiger partial charge in [0.2, 0.25) is 0 Å². The Labute approximate surface area is 178 Å². The zero-order valence-corrected chi connectivity index (χ0v) is 16.9. The highest BCUT2D eigenvalue weighted by Gasteiger charge is 2.89. The number of halogens is 11. The minimum Gasteiger partial charge on any atom is -0.469 e. The molecule has 0 fully saturated rings. The highest BCUT2D eigenvalue weighted by atomic mass is 32.1. The van der Waals surface area contributed by atoms with Crippen LogP contribution in [-0.4, -0.2) is 48.1 Å². The van der Waals surface area contributed by atoms with Crippen LogP contribution in [0.3, 0.4) is 0 Å². The molecule has 0 aliphatic carbocycles. The first-order valence-electron chi connectivity index (χ1n) is 8.73. The van der Waals surface area contributed by atoms with Gasteiger partial charge in [-0.15, -0.1) is 11.3 Å². The zero-order chi connectivity index (χ0) is 25.2. The van der Waals surface area contributed by atoms with Crippen molar-refractivity contribution >= 4 is 17.3 Å². The molecular weight excluding hydrogens is 493 g/mol. The Balaban J connectivity index is 2.92. The van der Waals surface area contributed by atoms with Crippen molar-refractivity contribution in [2.75, 3.05) is 7.11 Å². The van der Waals surface area contributed by atoms with Crippen molar-refractivity contribution in [3.05, 3.63) is 21.9 Å².